The van der Waals surface area contributed by atoms with E-state index in [0.29, 0.717) is 25.2 Å². The summed E-state index contributed by atoms with van der Waals surface area (Å²) in [6, 6.07) is 17.2. The van der Waals surface area contributed by atoms with Crippen LogP contribution in [0.1, 0.15) is 68.1 Å². The van der Waals surface area contributed by atoms with Gasteiger partial charge in [0, 0.05) is 12.8 Å². The molecular formula is C34H38O5S2. The summed E-state index contributed by atoms with van der Waals surface area (Å²) in [5.74, 6) is -0.996. The lowest BCUT2D eigenvalue weighted by molar-refractivity contribution is -0.138. The number of benzene rings is 2. The maximum absolute atomic E-state index is 11.2. The molecule has 2 aromatic carbocycles. The van der Waals surface area contributed by atoms with Crippen molar-refractivity contribution in [2.45, 2.75) is 70.6 Å². The molecule has 7 heteroatoms. The average molecular weight is 591 g/mol. The van der Waals surface area contributed by atoms with Crippen LogP contribution in [0, 0.1) is 0 Å². The van der Waals surface area contributed by atoms with Crippen LogP contribution in [0.25, 0.3) is 22.3 Å². The van der Waals surface area contributed by atoms with Crippen LogP contribution in [0.4, 0.5) is 0 Å². The Bertz CT molecular complexity index is 1320. The first-order valence-corrected chi connectivity index (χ1v) is 16.2. The summed E-state index contributed by atoms with van der Waals surface area (Å²) in [6.07, 6.45) is 8.54. The second kappa shape index (κ2) is 16.1. The topological polar surface area (TPSA) is 83.8 Å². The van der Waals surface area contributed by atoms with Crippen molar-refractivity contribution in [3.05, 3.63) is 86.7 Å². The summed E-state index contributed by atoms with van der Waals surface area (Å²) < 4.78 is 5.87. The molecule has 0 fully saturated rings. The van der Waals surface area contributed by atoms with Gasteiger partial charge in [-0.2, -0.15) is 22.7 Å². The molecule has 41 heavy (non-hydrogen) atoms. The second-order valence-corrected chi connectivity index (χ2v) is 11.9. The summed E-state index contributed by atoms with van der Waals surface area (Å²) in [5.41, 5.74) is 8.61. The predicted molar refractivity (Wildman–Crippen MR) is 168 cm³/mol. The first-order valence-electron chi connectivity index (χ1n) is 14.4. The molecule has 0 spiro atoms. The van der Waals surface area contributed by atoms with Crippen LogP contribution in [-0.4, -0.2) is 28.8 Å². The van der Waals surface area contributed by atoms with Crippen molar-refractivity contribution >= 4 is 34.6 Å². The van der Waals surface area contributed by atoms with Gasteiger partial charge < -0.3 is 14.9 Å². The largest absolute Gasteiger partial charge is 0.493 e. The van der Waals surface area contributed by atoms with Gasteiger partial charge in [0.1, 0.15) is 5.75 Å². The monoisotopic (exact) mass is 590 g/mol. The number of rotatable bonds is 18. The molecule has 0 saturated heterocycles. The number of carboxylic acids is 2. The smallest absolute Gasteiger partial charge is 0.303 e. The zero-order valence-corrected chi connectivity index (χ0v) is 25.0. The fourth-order valence-corrected chi connectivity index (χ4v) is 6.43. The molecule has 4 aromatic rings. The Balaban J connectivity index is 1.27. The molecule has 0 aliphatic rings. The molecule has 0 unspecified atom stereocenters. The van der Waals surface area contributed by atoms with Crippen molar-refractivity contribution in [2.24, 2.45) is 0 Å². The Kier molecular flexibility index (Phi) is 12.0. The summed E-state index contributed by atoms with van der Waals surface area (Å²) in [4.78, 5) is 22.0. The van der Waals surface area contributed by atoms with Crippen molar-refractivity contribution in [1.29, 1.82) is 0 Å². The lowest BCUT2D eigenvalue weighted by Gasteiger charge is -2.15. The molecule has 0 aliphatic carbocycles. The normalized spacial score (nSPS) is 11.0. The van der Waals surface area contributed by atoms with Gasteiger partial charge in [-0.25, -0.2) is 0 Å². The lowest BCUT2D eigenvalue weighted by Crippen LogP contribution is -2.07. The van der Waals surface area contributed by atoms with Crippen molar-refractivity contribution < 1.29 is 24.5 Å². The van der Waals surface area contributed by atoms with Crippen LogP contribution in [0.15, 0.2) is 70.1 Å². The summed E-state index contributed by atoms with van der Waals surface area (Å²) >= 11 is 3.46. The molecule has 0 bridgehead atoms. The minimum atomic E-state index is -0.844. The number of ether oxygens (including phenoxy) is 1. The van der Waals surface area contributed by atoms with E-state index in [-0.39, 0.29) is 12.8 Å². The molecular weight excluding hydrogens is 553 g/mol. The minimum absolute atomic E-state index is 0.0459. The zero-order valence-electron chi connectivity index (χ0n) is 23.3. The molecule has 2 N–H and O–H groups in total. The summed E-state index contributed by atoms with van der Waals surface area (Å²) in [6.45, 7) is 0.306. The molecule has 2 heterocycles. The highest BCUT2D eigenvalue weighted by Gasteiger charge is 2.12. The Hall–Kier alpha value is -3.42. The van der Waals surface area contributed by atoms with E-state index in [1.165, 1.54) is 34.2 Å². The fourth-order valence-electron chi connectivity index (χ4n) is 5.10. The van der Waals surface area contributed by atoms with Gasteiger partial charge >= 0.3 is 11.9 Å². The van der Waals surface area contributed by atoms with Crippen LogP contribution < -0.4 is 4.74 Å². The Labute approximate surface area is 250 Å². The van der Waals surface area contributed by atoms with E-state index < -0.39 is 11.9 Å². The number of hydrogen-bond acceptors (Lipinski definition) is 5. The lowest BCUT2D eigenvalue weighted by atomic mass is 9.95. The van der Waals surface area contributed by atoms with E-state index >= 15 is 0 Å². The van der Waals surface area contributed by atoms with E-state index in [4.69, 9.17) is 9.84 Å². The molecule has 0 radical (unpaired) electrons. The van der Waals surface area contributed by atoms with Gasteiger partial charge in [0.15, 0.2) is 0 Å². The van der Waals surface area contributed by atoms with Crippen molar-refractivity contribution in [3.8, 4) is 28.0 Å². The number of aliphatic carboxylic acids is 2. The third kappa shape index (κ3) is 9.87. The van der Waals surface area contributed by atoms with Crippen molar-refractivity contribution in [1.82, 2.24) is 0 Å². The van der Waals surface area contributed by atoms with Gasteiger partial charge in [-0.1, -0.05) is 43.5 Å². The summed E-state index contributed by atoms with van der Waals surface area (Å²) in [7, 11) is 0. The van der Waals surface area contributed by atoms with Gasteiger partial charge in [0.05, 0.1) is 6.61 Å². The zero-order chi connectivity index (χ0) is 28.9. The highest BCUT2D eigenvalue weighted by Crippen LogP contribution is 2.31. The van der Waals surface area contributed by atoms with Gasteiger partial charge in [0.2, 0.25) is 0 Å². The van der Waals surface area contributed by atoms with E-state index in [0.717, 1.165) is 49.7 Å². The van der Waals surface area contributed by atoms with Crippen LogP contribution in [0.5, 0.6) is 5.75 Å². The van der Waals surface area contributed by atoms with E-state index in [9.17, 15) is 14.7 Å². The second-order valence-electron chi connectivity index (χ2n) is 10.3. The highest BCUT2D eigenvalue weighted by atomic mass is 32.1. The van der Waals surface area contributed by atoms with E-state index in [1.54, 1.807) is 22.7 Å². The van der Waals surface area contributed by atoms with Crippen molar-refractivity contribution in [2.75, 3.05) is 6.61 Å². The predicted octanol–water partition coefficient (Wildman–Crippen LogP) is 9.14. The SMILES string of the molecule is O=C(O)CCCOc1cccc(CCCCCCCc2cc(-c3ccsc3)cc(-c3ccsc3)c2)c1CCC(=O)O. The van der Waals surface area contributed by atoms with Crippen LogP contribution in [0.3, 0.4) is 0 Å². The molecule has 0 aliphatic heterocycles. The van der Waals surface area contributed by atoms with Gasteiger partial charge in [-0.05, 0) is 123 Å². The van der Waals surface area contributed by atoms with Crippen molar-refractivity contribution in [3.63, 3.8) is 0 Å². The number of carbonyl (C=O) groups is 2. The molecule has 0 amide bonds. The fraction of sp³-hybridized carbons (Fsp3) is 0.353. The standard InChI is InChI=1S/C34H38O5S2/c35-33(36)12-7-17-39-32-11-6-10-26(31(32)13-14-34(37)38)9-5-3-1-2-4-8-25-20-29(27-15-18-40-23-27)22-30(21-25)28-16-19-41-24-28/h6,10-11,15-16,18-24H,1-5,7-9,12-14,17H2,(H,35,36)(H,37,38). The van der Waals surface area contributed by atoms with Crippen LogP contribution >= 0.6 is 22.7 Å². The highest BCUT2D eigenvalue weighted by molar-refractivity contribution is 7.08. The number of thiophene rings is 2. The molecule has 5 nitrogen and oxygen atoms in total. The van der Waals surface area contributed by atoms with Crippen LogP contribution in [0.2, 0.25) is 0 Å². The van der Waals surface area contributed by atoms with E-state index in [1.807, 2.05) is 12.1 Å². The quantitative estimate of drug-likeness (QED) is 0.113. The average Bonchev–Trinajstić information content (AvgIpc) is 3.69. The Morgan fingerprint density at radius 3 is 1.90 bits per heavy atom. The number of aryl methyl sites for hydroxylation is 2. The number of carboxylic acid groups (broad SMARTS) is 2. The maximum atomic E-state index is 11.2. The first-order chi connectivity index (χ1) is 20.0. The molecule has 4 rings (SSSR count). The minimum Gasteiger partial charge on any atom is -0.493 e. The third-order valence-electron chi connectivity index (χ3n) is 7.22. The number of hydrogen-bond donors (Lipinski definition) is 2. The van der Waals surface area contributed by atoms with Crippen LogP contribution in [-0.2, 0) is 28.9 Å². The molecule has 0 saturated carbocycles. The maximum Gasteiger partial charge on any atom is 0.303 e. The van der Waals surface area contributed by atoms with Gasteiger partial charge in [-0.3, -0.25) is 9.59 Å². The summed E-state index contributed by atoms with van der Waals surface area (Å²) in [5, 5.41) is 26.8. The van der Waals surface area contributed by atoms with E-state index in [2.05, 4.69) is 57.9 Å². The molecule has 0 atom stereocenters. The first kappa shape index (κ1) is 30.5. The number of unbranched alkanes of at least 4 members (excludes halogenated alkanes) is 4. The molecule has 216 valence electrons. The Morgan fingerprint density at radius 1 is 0.659 bits per heavy atom. The Morgan fingerprint density at radius 2 is 1.29 bits per heavy atom. The van der Waals surface area contributed by atoms with Gasteiger partial charge in [0.25, 0.3) is 0 Å². The third-order valence-corrected chi connectivity index (χ3v) is 8.59. The van der Waals surface area contributed by atoms with Gasteiger partial charge in [-0.15, -0.1) is 0 Å². The molecule has 2 aromatic heterocycles.